The summed E-state index contributed by atoms with van der Waals surface area (Å²) in [5.74, 6) is 1.51. The van der Waals surface area contributed by atoms with Crippen LogP contribution in [-0.2, 0) is 9.59 Å². The second kappa shape index (κ2) is 4.85. The largest absolute Gasteiger partial charge is 0.355 e. The zero-order valence-electron chi connectivity index (χ0n) is 9.79. The number of likely N-dealkylation sites (N-methyl/N-ethyl adjacent to an activating group) is 1. The minimum atomic E-state index is -0.0981. The Balaban J connectivity index is 1.74. The highest BCUT2D eigenvalue weighted by Gasteiger charge is 2.42. The molecule has 0 aromatic heterocycles. The van der Waals surface area contributed by atoms with E-state index < -0.39 is 0 Å². The van der Waals surface area contributed by atoms with E-state index in [-0.39, 0.29) is 24.3 Å². The zero-order valence-corrected chi connectivity index (χ0v) is 9.79. The van der Waals surface area contributed by atoms with E-state index in [1.165, 1.54) is 19.3 Å². The van der Waals surface area contributed by atoms with Gasteiger partial charge in [0.15, 0.2) is 0 Å². The summed E-state index contributed by atoms with van der Waals surface area (Å²) in [6, 6.07) is 0. The summed E-state index contributed by atoms with van der Waals surface area (Å²) in [6.45, 7) is 2.61. The van der Waals surface area contributed by atoms with E-state index >= 15 is 0 Å². The molecule has 0 aromatic rings. The van der Waals surface area contributed by atoms with E-state index in [0.717, 1.165) is 12.3 Å². The van der Waals surface area contributed by atoms with Gasteiger partial charge >= 0.3 is 0 Å². The number of carbonyl (C=O) groups excluding carboxylic acids is 2. The van der Waals surface area contributed by atoms with Crippen LogP contribution in [0.3, 0.4) is 0 Å². The topological polar surface area (TPSA) is 58.2 Å². The third-order valence-electron chi connectivity index (χ3n) is 3.87. The predicted molar refractivity (Wildman–Crippen MR) is 60.6 cm³/mol. The van der Waals surface area contributed by atoms with Gasteiger partial charge in [0.2, 0.25) is 11.8 Å². The van der Waals surface area contributed by atoms with Gasteiger partial charge in [0.25, 0.3) is 0 Å². The van der Waals surface area contributed by atoms with Gasteiger partial charge in [0.1, 0.15) is 0 Å². The number of hydrogen-bond donors (Lipinski definition) is 2. The highest BCUT2D eigenvalue weighted by atomic mass is 16.2. The monoisotopic (exact) mass is 224 g/mol. The third kappa shape index (κ3) is 2.36. The summed E-state index contributed by atoms with van der Waals surface area (Å²) in [6.07, 6.45) is 4.75. The number of nitrogens with one attached hydrogen (secondary N) is 2. The Hall–Kier alpha value is -1.06. The van der Waals surface area contributed by atoms with Crippen LogP contribution in [0.4, 0.5) is 0 Å². The lowest BCUT2D eigenvalue weighted by Gasteiger charge is -2.20. The molecule has 0 saturated heterocycles. The fraction of sp³-hybridized carbons (Fsp3) is 0.833. The molecule has 2 amide bonds. The van der Waals surface area contributed by atoms with Crippen molar-refractivity contribution in [3.05, 3.63) is 0 Å². The molecule has 4 heteroatoms. The summed E-state index contributed by atoms with van der Waals surface area (Å²) in [5, 5.41) is 5.41. The Morgan fingerprint density at radius 1 is 1.19 bits per heavy atom. The van der Waals surface area contributed by atoms with Gasteiger partial charge in [-0.05, 0) is 38.0 Å². The van der Waals surface area contributed by atoms with Gasteiger partial charge in [-0.15, -0.1) is 0 Å². The van der Waals surface area contributed by atoms with Crippen molar-refractivity contribution >= 4 is 11.8 Å². The number of amides is 2. The lowest BCUT2D eigenvalue weighted by atomic mass is 9.88. The number of fused-ring (bicyclic) bond motifs is 2. The maximum atomic E-state index is 11.9. The van der Waals surface area contributed by atoms with Crippen LogP contribution >= 0.6 is 0 Å². The first-order chi connectivity index (χ1) is 7.70. The number of carbonyl (C=O) groups is 2. The number of rotatable bonds is 4. The Bertz CT molecular complexity index is 291. The van der Waals surface area contributed by atoms with Crippen molar-refractivity contribution in [2.45, 2.75) is 32.6 Å². The Kier molecular flexibility index (Phi) is 3.46. The van der Waals surface area contributed by atoms with E-state index in [2.05, 4.69) is 10.6 Å². The van der Waals surface area contributed by atoms with Crippen LogP contribution in [0.15, 0.2) is 0 Å². The molecule has 0 aliphatic heterocycles. The molecule has 3 atom stereocenters. The molecule has 4 nitrogen and oxygen atoms in total. The van der Waals surface area contributed by atoms with Gasteiger partial charge in [0.05, 0.1) is 6.54 Å². The summed E-state index contributed by atoms with van der Waals surface area (Å²) in [7, 11) is 0. The Morgan fingerprint density at radius 2 is 2.00 bits per heavy atom. The van der Waals surface area contributed by atoms with Gasteiger partial charge in [-0.25, -0.2) is 0 Å². The normalized spacial score (nSPS) is 31.4. The Morgan fingerprint density at radius 3 is 2.56 bits per heavy atom. The Labute approximate surface area is 96.2 Å². The molecule has 2 N–H and O–H groups in total. The summed E-state index contributed by atoms with van der Waals surface area (Å²) in [5.41, 5.74) is 0. The molecule has 2 bridgehead atoms. The molecule has 0 aromatic carbocycles. The summed E-state index contributed by atoms with van der Waals surface area (Å²) < 4.78 is 0. The molecule has 0 heterocycles. The van der Waals surface area contributed by atoms with Crippen LogP contribution in [0, 0.1) is 17.8 Å². The predicted octanol–water partition coefficient (Wildman–Crippen LogP) is 0.675. The van der Waals surface area contributed by atoms with Crippen LogP contribution in [0.5, 0.6) is 0 Å². The smallest absolute Gasteiger partial charge is 0.239 e. The average Bonchev–Trinajstić information content (AvgIpc) is 2.88. The van der Waals surface area contributed by atoms with Gasteiger partial charge in [-0.1, -0.05) is 6.42 Å². The third-order valence-corrected chi connectivity index (χ3v) is 3.87. The average molecular weight is 224 g/mol. The minimum Gasteiger partial charge on any atom is -0.355 e. The number of hydrogen-bond acceptors (Lipinski definition) is 2. The van der Waals surface area contributed by atoms with Gasteiger partial charge in [-0.2, -0.15) is 0 Å². The van der Waals surface area contributed by atoms with Crippen LogP contribution in [0.25, 0.3) is 0 Å². The zero-order chi connectivity index (χ0) is 11.5. The minimum absolute atomic E-state index is 0.0819. The molecule has 2 fully saturated rings. The highest BCUT2D eigenvalue weighted by Crippen LogP contribution is 2.48. The van der Waals surface area contributed by atoms with Crippen molar-refractivity contribution < 1.29 is 9.59 Å². The van der Waals surface area contributed by atoms with Crippen molar-refractivity contribution in [1.82, 2.24) is 10.6 Å². The second-order valence-electron chi connectivity index (χ2n) is 4.95. The summed E-state index contributed by atoms with van der Waals surface area (Å²) >= 11 is 0. The van der Waals surface area contributed by atoms with Gasteiger partial charge in [0, 0.05) is 12.5 Å². The first-order valence-electron chi connectivity index (χ1n) is 6.25. The molecular formula is C12H20N2O2. The maximum absolute atomic E-state index is 11.9. The quantitative estimate of drug-likeness (QED) is 0.737. The van der Waals surface area contributed by atoms with Crippen molar-refractivity contribution in [3.63, 3.8) is 0 Å². The van der Waals surface area contributed by atoms with E-state index in [1.54, 1.807) is 0 Å². The molecular weight excluding hydrogens is 204 g/mol. The second-order valence-corrected chi connectivity index (χ2v) is 4.95. The van der Waals surface area contributed by atoms with E-state index in [9.17, 15) is 9.59 Å². The fourth-order valence-corrected chi connectivity index (χ4v) is 3.12. The van der Waals surface area contributed by atoms with Crippen LogP contribution in [0.2, 0.25) is 0 Å². The molecule has 2 saturated carbocycles. The van der Waals surface area contributed by atoms with Crippen LogP contribution in [-0.4, -0.2) is 24.9 Å². The van der Waals surface area contributed by atoms with Crippen molar-refractivity contribution in [2.24, 2.45) is 17.8 Å². The molecule has 3 unspecified atom stereocenters. The SMILES string of the molecule is CCNC(=O)CNC(=O)C1CC2CCC1C2. The fourth-order valence-electron chi connectivity index (χ4n) is 3.12. The van der Waals surface area contributed by atoms with Crippen molar-refractivity contribution in [1.29, 1.82) is 0 Å². The first-order valence-corrected chi connectivity index (χ1v) is 6.25. The molecule has 0 radical (unpaired) electrons. The lowest BCUT2D eigenvalue weighted by molar-refractivity contribution is -0.129. The molecule has 0 spiro atoms. The molecule has 2 rings (SSSR count). The van der Waals surface area contributed by atoms with Gasteiger partial charge < -0.3 is 10.6 Å². The highest BCUT2D eigenvalue weighted by molar-refractivity contribution is 5.86. The lowest BCUT2D eigenvalue weighted by Crippen LogP contribution is -2.40. The van der Waals surface area contributed by atoms with Crippen molar-refractivity contribution in [2.75, 3.05) is 13.1 Å². The van der Waals surface area contributed by atoms with E-state index in [0.29, 0.717) is 12.5 Å². The van der Waals surface area contributed by atoms with E-state index in [1.807, 2.05) is 6.92 Å². The summed E-state index contributed by atoms with van der Waals surface area (Å²) in [4.78, 5) is 23.0. The maximum Gasteiger partial charge on any atom is 0.239 e. The molecule has 16 heavy (non-hydrogen) atoms. The van der Waals surface area contributed by atoms with Gasteiger partial charge in [-0.3, -0.25) is 9.59 Å². The molecule has 2 aliphatic carbocycles. The van der Waals surface area contributed by atoms with Crippen LogP contribution < -0.4 is 10.6 Å². The first kappa shape index (κ1) is 11.4. The van der Waals surface area contributed by atoms with Crippen molar-refractivity contribution in [3.8, 4) is 0 Å². The molecule has 2 aliphatic rings. The molecule has 90 valence electrons. The van der Waals surface area contributed by atoms with Crippen LogP contribution in [0.1, 0.15) is 32.6 Å². The standard InChI is InChI=1S/C12H20N2O2/c1-2-13-11(15)7-14-12(16)10-6-8-3-4-9(10)5-8/h8-10H,2-7H2,1H3,(H,13,15)(H,14,16). The van der Waals surface area contributed by atoms with E-state index in [4.69, 9.17) is 0 Å².